The molecule has 18 rings (SSSR count). The fraction of sp³-hybridized carbons (Fsp3) is 0.612. The van der Waals surface area contributed by atoms with Gasteiger partial charge in [0.1, 0.15) is 11.2 Å². The van der Waals surface area contributed by atoms with Gasteiger partial charge in [-0.1, -0.05) is 84.1 Å². The van der Waals surface area contributed by atoms with E-state index < -0.39 is 29.6 Å². The molecule has 9 fully saturated rings. The maximum atomic E-state index is 13.3. The standard InChI is InChI=1S/C22H28N2O2.C21H26N2O2.C19H24N2O.C4H9O.CH3F.BBr3.2Na/c1-4-15-10-14-11-22(21(25)26-3)19-16(7-8-24(12-14)20(15)22)17-9-13(2)5-6-18(17)23-19;1-3-14-9-13-10-21(20(24)25)18-15(6-7-23(11-13)19(14)21)16-8-12(2)4-5-17(16)22-18;1-2-12-7-11-8-16-18-14(5-6-21(10-11)19(12)16)15-9-13(22)3-4-17(15)20-18;1-4(2,3)5;1-2;2-1(3)4;;/h5-6,9,14-15,20,23H,4,7-8,10-12H2,1-3H3;4-5,8,13-14,19,22H,3,6-7,9-11H2,1-2H3,(H,24,25);3-4,9,11-12,16,19-20,22H,2,5-8,10H2,1H3;1-3H3;1H3;;;/q;;;-1;;;2*+1/p-1/t14?,15-,20?,22-;13?,14-,19?,21-;11?,12-,16-,19?;;;;;/m000...../s1/i;;;;1D;;;. The number of phenolic OH excluding ortho intramolecular Hbond substituents is 1. The maximum absolute atomic E-state index is 13.3. The van der Waals surface area contributed by atoms with Crippen molar-refractivity contribution in [2.24, 2.45) is 35.5 Å². The number of carboxylic acids is 1. The largest absolute Gasteiger partial charge is 1.00 e. The molecule has 12 heterocycles. The zero-order valence-corrected chi connectivity index (χ0v) is 61.6. The summed E-state index contributed by atoms with van der Waals surface area (Å²) in [7, 11) is 0.558. The van der Waals surface area contributed by atoms with Crippen LogP contribution in [0.25, 0.3) is 32.7 Å². The van der Waals surface area contributed by atoms with Gasteiger partial charge in [0, 0.05) is 113 Å². The van der Waals surface area contributed by atoms with Crippen LogP contribution in [0.1, 0.15) is 152 Å². The molecule has 6 saturated heterocycles. The first-order valence-corrected chi connectivity index (χ1v) is 33.8. The zero-order chi connectivity index (χ0) is 61.0. The SMILES string of the molecule is BrB(Br)Br.CC(C)(C)[O-].CC[C@H]1CC2CN3CCc4c([nH]c5ccc(C)cc45)[C@@](C(=O)OC)(C2)C13.CC[C@H]1CC2CN3CCc4c([nH]c5ccc(C)cc45)[C@@](C(=O)[O-])(C2)C13.CC[C@H]1CC2C[C@H]3c4[nH]c5ccc(O)cc5c4CCN(C2)C13.[2H]CF.[Na+].[Na+]. The number of nitrogens with zero attached hydrogens (tertiary/aromatic N) is 3. The number of phenols is 1. The number of esters is 1. The number of rotatable bonds is 5. The van der Waals surface area contributed by atoms with Gasteiger partial charge in [0.25, 0.3) is 0 Å². The molecule has 9 aliphatic heterocycles. The van der Waals surface area contributed by atoms with E-state index in [1.807, 2.05) is 12.1 Å². The second-order valence-electron chi connectivity index (χ2n) is 27.1. The number of alkyl halides is 1. The van der Waals surface area contributed by atoms with E-state index in [0.717, 1.165) is 111 Å². The predicted octanol–water partition coefficient (Wildman–Crippen LogP) is 6.23. The molecular weight excluding hydrogens is 1300 g/mol. The minimum absolute atomic E-state index is 0. The second kappa shape index (κ2) is 28.7. The average molecular weight is 1390 g/mol. The molecule has 19 heteroatoms. The smallest absolute Gasteiger partial charge is 0.850 e. The Bertz CT molecular complexity index is 3370. The molecule has 15 atom stereocenters. The van der Waals surface area contributed by atoms with Crippen molar-refractivity contribution in [2.45, 2.75) is 173 Å². The molecule has 12 aliphatic rings. The minimum Gasteiger partial charge on any atom is -0.850 e. The third-order valence-corrected chi connectivity index (χ3v) is 20.9. The molecular formula is C67H89BBr3FN6Na2O6. The van der Waals surface area contributed by atoms with E-state index in [4.69, 9.17) is 6.11 Å². The van der Waals surface area contributed by atoms with Gasteiger partial charge in [0.2, 0.25) is 0 Å². The van der Waals surface area contributed by atoms with Gasteiger partial charge in [0.05, 0.1) is 27.0 Å². The number of aromatic nitrogens is 3. The Hall–Kier alpha value is -1.71. The van der Waals surface area contributed by atoms with Gasteiger partial charge in [-0.05, 0) is 166 Å². The van der Waals surface area contributed by atoms with E-state index in [9.17, 15) is 29.3 Å². The van der Waals surface area contributed by atoms with Gasteiger partial charge in [0.15, 0.2) is 0 Å². The molecule has 86 heavy (non-hydrogen) atoms. The number of aryl methyl sites for hydroxylation is 2. The summed E-state index contributed by atoms with van der Waals surface area (Å²) >= 11 is 9.31. The third-order valence-electron chi connectivity index (χ3n) is 20.9. The van der Waals surface area contributed by atoms with Crippen LogP contribution >= 0.6 is 47.3 Å². The van der Waals surface area contributed by atoms with E-state index in [1.165, 1.54) is 100 Å². The molecule has 3 saturated carbocycles. The molecule has 456 valence electrons. The summed E-state index contributed by atoms with van der Waals surface area (Å²) in [4.78, 5) is 44.8. The number of aromatic amines is 3. The summed E-state index contributed by atoms with van der Waals surface area (Å²) in [6.45, 7) is 22.7. The van der Waals surface area contributed by atoms with Crippen LogP contribution in [0.4, 0.5) is 4.39 Å². The van der Waals surface area contributed by atoms with Crippen LogP contribution in [0.15, 0.2) is 54.6 Å². The number of H-pyrrole nitrogens is 3. The van der Waals surface area contributed by atoms with Crippen molar-refractivity contribution in [2.75, 3.05) is 53.5 Å². The molecule has 9 unspecified atom stereocenters. The number of aromatic hydroxyl groups is 1. The predicted molar refractivity (Wildman–Crippen MR) is 345 cm³/mol. The number of carbonyl (C=O) groups excluding carboxylic acids is 2. The number of carbonyl (C=O) groups is 2. The third kappa shape index (κ3) is 13.3. The number of hydrogen-bond donors (Lipinski definition) is 4. The molecule has 12 nitrogen and oxygen atoms in total. The fourth-order valence-electron chi connectivity index (χ4n) is 18.4. The Morgan fingerprint density at radius 2 is 1.12 bits per heavy atom. The molecule has 0 spiro atoms. The van der Waals surface area contributed by atoms with Crippen LogP contribution in [0.5, 0.6) is 5.75 Å². The monoisotopic (exact) mass is 1390 g/mol. The van der Waals surface area contributed by atoms with Crippen molar-refractivity contribution in [3.05, 3.63) is 99.5 Å². The van der Waals surface area contributed by atoms with Gasteiger partial charge in [-0.3, -0.25) is 23.9 Å². The number of hydrogen-bond acceptors (Lipinski definition) is 9. The van der Waals surface area contributed by atoms with Crippen molar-refractivity contribution in [1.29, 1.82) is 0 Å². The summed E-state index contributed by atoms with van der Waals surface area (Å²) in [5.41, 5.74) is 11.4. The van der Waals surface area contributed by atoms with Crippen molar-refractivity contribution in [3.63, 3.8) is 0 Å². The summed E-state index contributed by atoms with van der Waals surface area (Å²) in [6.07, 6.45) is 13.4. The topological polar surface area (TPSA) is 167 Å². The van der Waals surface area contributed by atoms with Gasteiger partial charge in [-0.25, -0.2) is 0 Å². The van der Waals surface area contributed by atoms with Gasteiger partial charge < -0.3 is 39.8 Å². The fourth-order valence-corrected chi connectivity index (χ4v) is 18.4. The number of aliphatic carboxylic acids is 1. The summed E-state index contributed by atoms with van der Waals surface area (Å²) < 4.78 is 21.2. The Morgan fingerprint density at radius 3 is 1.62 bits per heavy atom. The van der Waals surface area contributed by atoms with Crippen molar-refractivity contribution in [1.82, 2.24) is 29.7 Å². The van der Waals surface area contributed by atoms with Crippen LogP contribution in [-0.4, -0.2) is 127 Å². The van der Waals surface area contributed by atoms with E-state index in [0.29, 0.717) is 35.3 Å². The van der Waals surface area contributed by atoms with Crippen molar-refractivity contribution >= 4 is 95.1 Å². The van der Waals surface area contributed by atoms with Crippen LogP contribution in [-0.2, 0) is 44.4 Å². The number of piperidine rings is 6. The quantitative estimate of drug-likeness (QED) is 0.116. The molecule has 6 aromatic rings. The molecule has 4 N–H and O–H groups in total. The summed E-state index contributed by atoms with van der Waals surface area (Å²) in [5.74, 6) is 3.95. The van der Waals surface area contributed by atoms with Crippen LogP contribution in [0, 0.1) is 49.4 Å². The number of methoxy groups -OCH3 is 1. The number of nitrogens with one attached hydrogen (secondary N) is 3. The van der Waals surface area contributed by atoms with E-state index in [2.05, 4.69) is 148 Å². The molecule has 0 amide bonds. The van der Waals surface area contributed by atoms with Crippen LogP contribution in [0.2, 0.25) is 0 Å². The summed E-state index contributed by atoms with van der Waals surface area (Å²) in [6, 6.07) is 19.8. The van der Waals surface area contributed by atoms with E-state index >= 15 is 0 Å². The minimum atomic E-state index is -1.00. The Balaban J connectivity index is 0.000000153. The van der Waals surface area contributed by atoms with Gasteiger partial charge in [-0.15, -0.1) is 52.9 Å². The Labute approximate surface area is 580 Å². The van der Waals surface area contributed by atoms with Crippen LogP contribution in [0.3, 0.4) is 0 Å². The normalized spacial score (nSPS) is 31.7. The molecule has 12 bridgehead atoms. The molecule has 3 aromatic carbocycles. The second-order valence-corrected chi connectivity index (χ2v) is 33.5. The first-order chi connectivity index (χ1) is 40.5. The molecule has 3 aromatic heterocycles. The van der Waals surface area contributed by atoms with Gasteiger partial charge in [-0.2, -0.15) is 0 Å². The van der Waals surface area contributed by atoms with Crippen molar-refractivity contribution < 1.29 is 94.5 Å². The molecule has 0 radical (unpaired) electrons. The number of fused-ring (bicyclic) bond motifs is 12. The molecule has 3 aliphatic carbocycles. The van der Waals surface area contributed by atoms with E-state index in [-0.39, 0.29) is 80.4 Å². The number of carboxylic acid groups (broad SMARTS) is 1. The van der Waals surface area contributed by atoms with Crippen molar-refractivity contribution in [3.8, 4) is 5.75 Å². The number of benzene rings is 3. The first-order valence-electron chi connectivity index (χ1n) is 31.8. The number of halogens is 4. The zero-order valence-electron chi connectivity index (χ0n) is 53.8. The average Bonchev–Trinajstić information content (AvgIpc) is 1.67. The maximum Gasteiger partial charge on any atom is 1.00 e. The Kier molecular flexibility index (Phi) is 22.9. The Morgan fingerprint density at radius 1 is 0.698 bits per heavy atom. The number of ether oxygens (including phenoxy) is 1. The van der Waals surface area contributed by atoms with Crippen LogP contribution < -0.4 is 69.3 Å². The first kappa shape index (κ1) is 68.7. The van der Waals surface area contributed by atoms with Gasteiger partial charge >= 0.3 is 68.3 Å². The summed E-state index contributed by atoms with van der Waals surface area (Å²) in [5, 5.41) is 36.4. The van der Waals surface area contributed by atoms with E-state index in [1.54, 1.807) is 33.9 Å².